The number of anilines is 1. The number of nitrogens with one attached hydrogen (secondary N) is 1. The quantitative estimate of drug-likeness (QED) is 0.670. The summed E-state index contributed by atoms with van der Waals surface area (Å²) < 4.78 is 27.0. The molecule has 0 radical (unpaired) electrons. The molecule has 0 spiro atoms. The first-order valence-corrected chi connectivity index (χ1v) is 11.3. The number of aromatic nitrogens is 3. The number of piperazine rings is 1. The summed E-state index contributed by atoms with van der Waals surface area (Å²) in [6.45, 7) is 3.85. The fourth-order valence-electron chi connectivity index (χ4n) is 3.44. The van der Waals surface area contributed by atoms with Crippen LogP contribution in [0.4, 0.5) is 5.82 Å². The first kappa shape index (κ1) is 20.2. The molecule has 1 aromatic carbocycles. The summed E-state index contributed by atoms with van der Waals surface area (Å²) in [6.07, 6.45) is 2.36. The summed E-state index contributed by atoms with van der Waals surface area (Å²) in [7, 11) is -3.48. The second kappa shape index (κ2) is 8.37. The molecular weight excluding hydrogens is 402 g/mol. The second-order valence-corrected chi connectivity index (χ2v) is 8.99. The number of sulfonamides is 1. The smallest absolute Gasteiger partial charge is 0.251 e. The maximum Gasteiger partial charge on any atom is 0.251 e. The van der Waals surface area contributed by atoms with E-state index in [1.807, 2.05) is 19.1 Å². The van der Waals surface area contributed by atoms with Crippen LogP contribution in [0, 0.1) is 0 Å². The van der Waals surface area contributed by atoms with E-state index >= 15 is 0 Å². The third kappa shape index (κ3) is 4.12. The van der Waals surface area contributed by atoms with E-state index in [4.69, 9.17) is 0 Å². The average molecular weight is 426 g/mol. The number of pyridine rings is 1. The normalized spacial score (nSPS) is 15.3. The van der Waals surface area contributed by atoms with Gasteiger partial charge in [-0.2, -0.15) is 4.31 Å². The van der Waals surface area contributed by atoms with Gasteiger partial charge in [-0.1, -0.05) is 25.1 Å². The van der Waals surface area contributed by atoms with E-state index in [1.54, 1.807) is 36.5 Å². The molecule has 0 aliphatic carbocycles. The molecule has 9 heteroatoms. The van der Waals surface area contributed by atoms with Gasteiger partial charge in [-0.15, -0.1) is 0 Å². The zero-order chi connectivity index (χ0) is 21.1. The van der Waals surface area contributed by atoms with Crippen molar-refractivity contribution in [2.24, 2.45) is 0 Å². The molecule has 3 aromatic rings. The molecule has 1 fully saturated rings. The lowest BCUT2D eigenvalue weighted by molar-refractivity contribution is 0.384. The number of rotatable bonds is 5. The van der Waals surface area contributed by atoms with Crippen LogP contribution in [0.5, 0.6) is 0 Å². The molecule has 3 heterocycles. The van der Waals surface area contributed by atoms with Crippen molar-refractivity contribution in [3.63, 3.8) is 0 Å². The molecule has 1 saturated heterocycles. The number of aromatic amines is 1. The van der Waals surface area contributed by atoms with Crippen LogP contribution in [-0.2, 0) is 16.4 Å². The van der Waals surface area contributed by atoms with Crippen molar-refractivity contribution in [2.75, 3.05) is 31.1 Å². The zero-order valence-electron chi connectivity index (χ0n) is 16.7. The second-order valence-electron chi connectivity index (χ2n) is 7.05. The Hall–Kier alpha value is -3.04. The Balaban J connectivity index is 1.46. The molecule has 2 aromatic heterocycles. The van der Waals surface area contributed by atoms with Gasteiger partial charge in [0.1, 0.15) is 11.6 Å². The minimum Gasteiger partial charge on any atom is -0.354 e. The Morgan fingerprint density at radius 3 is 2.40 bits per heavy atom. The fraction of sp³-hybridized carbons (Fsp3) is 0.286. The first-order chi connectivity index (χ1) is 14.5. The van der Waals surface area contributed by atoms with Crippen molar-refractivity contribution < 1.29 is 8.42 Å². The highest BCUT2D eigenvalue weighted by molar-refractivity contribution is 7.89. The van der Waals surface area contributed by atoms with Crippen LogP contribution < -0.4 is 10.5 Å². The van der Waals surface area contributed by atoms with Gasteiger partial charge in [0.05, 0.1) is 4.90 Å². The van der Waals surface area contributed by atoms with Crippen molar-refractivity contribution >= 4 is 15.8 Å². The van der Waals surface area contributed by atoms with Gasteiger partial charge in [-0.25, -0.2) is 18.4 Å². The minimum absolute atomic E-state index is 0.184. The zero-order valence-corrected chi connectivity index (χ0v) is 17.5. The van der Waals surface area contributed by atoms with Crippen molar-refractivity contribution in [1.29, 1.82) is 0 Å². The number of aryl methyl sites for hydroxylation is 1. The van der Waals surface area contributed by atoms with Gasteiger partial charge < -0.3 is 9.88 Å². The Bertz CT molecular complexity index is 1170. The number of hydrogen-bond acceptors (Lipinski definition) is 6. The Labute approximate surface area is 175 Å². The fourth-order valence-corrected chi connectivity index (χ4v) is 4.88. The summed E-state index contributed by atoms with van der Waals surface area (Å²) in [5, 5.41) is 0. The van der Waals surface area contributed by atoms with Crippen molar-refractivity contribution in [3.8, 4) is 11.4 Å². The SMILES string of the molecule is CCc1cc(=O)[nH]c(-c2ccc(N3CCN(S(=O)(=O)c4ccccc4)CC3)nc2)n1. The van der Waals surface area contributed by atoms with E-state index in [-0.39, 0.29) is 5.56 Å². The Morgan fingerprint density at radius 2 is 1.77 bits per heavy atom. The molecule has 0 amide bonds. The van der Waals surface area contributed by atoms with Crippen LogP contribution in [0.1, 0.15) is 12.6 Å². The number of nitrogens with zero attached hydrogens (tertiary/aromatic N) is 4. The molecule has 0 unspecified atom stereocenters. The monoisotopic (exact) mass is 425 g/mol. The third-order valence-electron chi connectivity index (χ3n) is 5.12. The number of benzene rings is 1. The van der Waals surface area contributed by atoms with E-state index in [1.165, 1.54) is 10.4 Å². The molecule has 156 valence electrons. The van der Waals surface area contributed by atoms with Gasteiger partial charge in [0, 0.05) is 49.7 Å². The van der Waals surface area contributed by atoms with E-state index in [2.05, 4.69) is 19.9 Å². The molecule has 1 aliphatic rings. The summed E-state index contributed by atoms with van der Waals surface area (Å²) in [5.41, 5.74) is 1.28. The van der Waals surface area contributed by atoms with Gasteiger partial charge in [0.15, 0.2) is 0 Å². The molecular formula is C21H23N5O3S. The molecule has 0 saturated carbocycles. The minimum atomic E-state index is -3.48. The van der Waals surface area contributed by atoms with Crippen LogP contribution in [0.3, 0.4) is 0 Å². The summed E-state index contributed by atoms with van der Waals surface area (Å²) in [6, 6.07) is 13.7. The summed E-state index contributed by atoms with van der Waals surface area (Å²) in [4.78, 5) is 25.9. The average Bonchev–Trinajstić information content (AvgIpc) is 2.79. The Morgan fingerprint density at radius 1 is 1.03 bits per heavy atom. The van der Waals surface area contributed by atoms with Crippen molar-refractivity contribution in [3.05, 3.63) is 70.8 Å². The molecule has 1 aliphatic heterocycles. The maximum absolute atomic E-state index is 12.8. The molecule has 30 heavy (non-hydrogen) atoms. The van der Waals surface area contributed by atoms with E-state index < -0.39 is 10.0 Å². The number of hydrogen-bond donors (Lipinski definition) is 1. The highest BCUT2D eigenvalue weighted by Gasteiger charge is 2.28. The first-order valence-electron chi connectivity index (χ1n) is 9.84. The third-order valence-corrected chi connectivity index (χ3v) is 7.03. The van der Waals surface area contributed by atoms with Gasteiger partial charge in [-0.05, 0) is 30.7 Å². The van der Waals surface area contributed by atoms with E-state index in [0.29, 0.717) is 43.3 Å². The van der Waals surface area contributed by atoms with Gasteiger partial charge in [-0.3, -0.25) is 4.79 Å². The van der Waals surface area contributed by atoms with Crippen LogP contribution in [0.25, 0.3) is 11.4 Å². The van der Waals surface area contributed by atoms with Crippen LogP contribution >= 0.6 is 0 Å². The van der Waals surface area contributed by atoms with Crippen LogP contribution in [0.15, 0.2) is 64.4 Å². The lowest BCUT2D eigenvalue weighted by atomic mass is 10.2. The molecule has 0 atom stereocenters. The summed E-state index contributed by atoms with van der Waals surface area (Å²) in [5.74, 6) is 1.27. The van der Waals surface area contributed by atoms with Crippen molar-refractivity contribution in [2.45, 2.75) is 18.2 Å². The largest absolute Gasteiger partial charge is 0.354 e. The topological polar surface area (TPSA) is 99.3 Å². The lowest BCUT2D eigenvalue weighted by Gasteiger charge is -2.34. The van der Waals surface area contributed by atoms with E-state index in [9.17, 15) is 13.2 Å². The molecule has 8 nitrogen and oxygen atoms in total. The Kier molecular flexibility index (Phi) is 5.65. The standard InChI is InChI=1S/C21H23N5O3S/c1-2-17-14-20(27)24-21(23-17)16-8-9-19(22-15-16)25-10-12-26(13-11-25)30(28,29)18-6-4-3-5-7-18/h3-9,14-15H,2,10-13H2,1H3,(H,23,24,27). The predicted octanol–water partition coefficient (Wildman–Crippen LogP) is 1.91. The molecule has 1 N–H and O–H groups in total. The maximum atomic E-state index is 12.8. The summed E-state index contributed by atoms with van der Waals surface area (Å²) >= 11 is 0. The van der Waals surface area contributed by atoms with Gasteiger partial charge in [0.25, 0.3) is 5.56 Å². The van der Waals surface area contributed by atoms with Crippen LogP contribution in [-0.4, -0.2) is 53.9 Å². The number of H-pyrrole nitrogens is 1. The predicted molar refractivity (Wildman–Crippen MR) is 115 cm³/mol. The van der Waals surface area contributed by atoms with E-state index in [0.717, 1.165) is 17.1 Å². The van der Waals surface area contributed by atoms with Crippen LogP contribution in [0.2, 0.25) is 0 Å². The highest BCUT2D eigenvalue weighted by Crippen LogP contribution is 2.21. The van der Waals surface area contributed by atoms with Crippen molar-refractivity contribution in [1.82, 2.24) is 19.3 Å². The lowest BCUT2D eigenvalue weighted by Crippen LogP contribution is -2.48. The molecule has 4 rings (SSSR count). The van der Waals surface area contributed by atoms with Gasteiger partial charge >= 0.3 is 0 Å². The molecule has 0 bridgehead atoms. The van der Waals surface area contributed by atoms with Gasteiger partial charge in [0.2, 0.25) is 10.0 Å². The highest BCUT2D eigenvalue weighted by atomic mass is 32.2.